The number of anilines is 2. The van der Waals surface area contributed by atoms with Crippen LogP contribution < -0.4 is 9.99 Å². The molecule has 2 heterocycles. The van der Waals surface area contributed by atoms with Crippen molar-refractivity contribution in [1.82, 2.24) is 9.78 Å². The second-order valence-corrected chi connectivity index (χ2v) is 8.06. The summed E-state index contributed by atoms with van der Waals surface area (Å²) in [5.41, 5.74) is 5.08. The molecule has 0 bridgehead atoms. The molecule has 0 aliphatic heterocycles. The minimum absolute atomic E-state index is 0.940. The summed E-state index contributed by atoms with van der Waals surface area (Å²) < 4.78 is 2.93. The van der Waals surface area contributed by atoms with Gasteiger partial charge in [-0.2, -0.15) is 5.10 Å². The minimum Gasteiger partial charge on any atom is -0.345 e. The molecule has 0 aliphatic rings. The number of hydrogen-bond acceptors (Lipinski definition) is 5. The van der Waals surface area contributed by atoms with E-state index in [-0.39, 0.29) is 0 Å². The first kappa shape index (κ1) is 16.8. The maximum Gasteiger partial charge on any atom is 0.155 e. The lowest BCUT2D eigenvalue weighted by molar-refractivity contribution is 0.832. The van der Waals surface area contributed by atoms with E-state index in [1.54, 1.807) is 20.7 Å². The molecule has 0 fully saturated rings. The Bertz CT molecular complexity index is 1080. The van der Waals surface area contributed by atoms with Gasteiger partial charge in [0.05, 0.1) is 11.4 Å². The number of rotatable bonds is 4. The Morgan fingerprint density at radius 2 is 1.62 bits per heavy atom. The van der Waals surface area contributed by atoms with Crippen molar-refractivity contribution in [1.29, 1.82) is 0 Å². The molecule has 0 amide bonds. The zero-order chi connectivity index (χ0) is 17.9. The third-order valence-electron chi connectivity index (χ3n) is 3.86. The van der Waals surface area contributed by atoms with Gasteiger partial charge in [-0.1, -0.05) is 57.1 Å². The first-order chi connectivity index (χ1) is 12.7. The van der Waals surface area contributed by atoms with Gasteiger partial charge in [0.15, 0.2) is 4.67 Å². The van der Waals surface area contributed by atoms with E-state index in [1.165, 1.54) is 0 Å². The van der Waals surface area contributed by atoms with Crippen LogP contribution in [0.15, 0.2) is 71.7 Å². The fraction of sp³-hybridized carbons (Fsp3) is 0.100. The molecule has 0 saturated carbocycles. The van der Waals surface area contributed by atoms with E-state index in [0.717, 1.165) is 38.1 Å². The first-order valence-electron chi connectivity index (χ1n) is 8.29. The van der Waals surface area contributed by atoms with E-state index < -0.39 is 0 Å². The number of hydrogen-bond donors (Lipinski definition) is 1. The van der Waals surface area contributed by atoms with E-state index in [4.69, 9.17) is 4.99 Å². The molecular formula is C20H18N4S2. The summed E-state index contributed by atoms with van der Waals surface area (Å²) in [4.78, 5) is 4.86. The van der Waals surface area contributed by atoms with Crippen molar-refractivity contribution in [3.05, 3.63) is 82.8 Å². The molecule has 4 aromatic rings. The Labute approximate surface area is 159 Å². The van der Waals surface area contributed by atoms with Crippen LogP contribution in [0.25, 0.3) is 5.69 Å². The summed E-state index contributed by atoms with van der Waals surface area (Å²) in [5.74, 6) is 0. The quantitative estimate of drug-likeness (QED) is 0.471. The van der Waals surface area contributed by atoms with Crippen LogP contribution in [0.5, 0.6) is 0 Å². The maximum atomic E-state index is 4.86. The summed E-state index contributed by atoms with van der Waals surface area (Å²) in [7, 11) is 3.33. The van der Waals surface area contributed by atoms with Crippen LogP contribution in [-0.4, -0.2) is 9.78 Å². The smallest absolute Gasteiger partial charge is 0.155 e. The molecule has 4 nitrogen and oxygen atoms in total. The molecule has 0 saturated heterocycles. The molecule has 0 aliphatic carbocycles. The summed E-state index contributed by atoms with van der Waals surface area (Å²) >= 11 is 0. The molecule has 0 atom stereocenters. The highest BCUT2D eigenvalue weighted by Gasteiger charge is 2.15. The van der Waals surface area contributed by atoms with Crippen molar-refractivity contribution in [2.75, 3.05) is 5.32 Å². The first-order valence-corrected chi connectivity index (χ1v) is 10.4. The normalized spacial score (nSPS) is 11.7. The van der Waals surface area contributed by atoms with Gasteiger partial charge >= 0.3 is 0 Å². The number of nitrogens with one attached hydrogen (secondary N) is 1. The standard InChI is InChI=1S/C20H18N4S2/c1-14-13-15(2)24(23-14)18-19(21-16-9-5-3-6-10-16)25-26-20(18)22-17-11-7-4-8-12-17/h3-13,21H,1-2H3. The molecule has 1 N–H and O–H groups in total. The number of nitrogens with zero attached hydrogens (tertiary/aromatic N) is 3. The van der Waals surface area contributed by atoms with Gasteiger partial charge in [0.25, 0.3) is 0 Å². The summed E-state index contributed by atoms with van der Waals surface area (Å²) in [5, 5.41) is 9.25. The van der Waals surface area contributed by atoms with Crippen molar-refractivity contribution < 1.29 is 0 Å². The van der Waals surface area contributed by atoms with Crippen LogP contribution >= 0.6 is 20.7 Å². The zero-order valence-electron chi connectivity index (χ0n) is 14.5. The van der Waals surface area contributed by atoms with Crippen molar-refractivity contribution in [3.63, 3.8) is 0 Å². The van der Waals surface area contributed by atoms with Crippen molar-refractivity contribution in [2.24, 2.45) is 4.99 Å². The summed E-state index contributed by atoms with van der Waals surface area (Å²) in [6, 6.07) is 22.3. The summed E-state index contributed by atoms with van der Waals surface area (Å²) in [6.07, 6.45) is 0. The number of aromatic nitrogens is 2. The molecule has 2 aromatic heterocycles. The third kappa shape index (κ3) is 3.47. The van der Waals surface area contributed by atoms with Crippen LogP contribution in [-0.2, 0) is 0 Å². The Morgan fingerprint density at radius 1 is 0.923 bits per heavy atom. The lowest BCUT2D eigenvalue weighted by Crippen LogP contribution is -2.11. The molecule has 0 spiro atoms. The van der Waals surface area contributed by atoms with Crippen LogP contribution in [0.1, 0.15) is 11.4 Å². The predicted octanol–water partition coefficient (Wildman–Crippen LogP) is 5.59. The largest absolute Gasteiger partial charge is 0.345 e. The Balaban J connectivity index is 1.88. The zero-order valence-corrected chi connectivity index (χ0v) is 16.1. The Hall–Kier alpha value is -2.70. The average Bonchev–Trinajstić information content (AvgIpc) is 3.18. The van der Waals surface area contributed by atoms with Crippen molar-refractivity contribution in [3.8, 4) is 5.69 Å². The predicted molar refractivity (Wildman–Crippen MR) is 110 cm³/mol. The van der Waals surface area contributed by atoms with Gasteiger partial charge in [-0.15, -0.1) is 0 Å². The van der Waals surface area contributed by atoms with Gasteiger partial charge in [-0.25, -0.2) is 9.67 Å². The van der Waals surface area contributed by atoms with Crippen molar-refractivity contribution >= 4 is 37.1 Å². The van der Waals surface area contributed by atoms with Gasteiger partial charge in [0.2, 0.25) is 0 Å². The topological polar surface area (TPSA) is 42.2 Å². The van der Waals surface area contributed by atoms with Crippen LogP contribution in [0.4, 0.5) is 16.4 Å². The van der Waals surface area contributed by atoms with Crippen molar-refractivity contribution in [2.45, 2.75) is 13.8 Å². The second kappa shape index (κ2) is 7.27. The highest BCUT2D eigenvalue weighted by atomic mass is 32.9. The fourth-order valence-electron chi connectivity index (χ4n) is 2.72. The van der Waals surface area contributed by atoms with Gasteiger partial charge in [0.1, 0.15) is 10.7 Å². The molecule has 130 valence electrons. The molecule has 0 unspecified atom stereocenters. The minimum atomic E-state index is 0.940. The SMILES string of the molecule is Cc1cc(C)n(-c2c(Nc3ccccc3)ssc2=Nc2ccccc2)n1. The molecule has 2 aromatic carbocycles. The van der Waals surface area contributed by atoms with Gasteiger partial charge < -0.3 is 5.32 Å². The van der Waals surface area contributed by atoms with E-state index in [0.29, 0.717) is 0 Å². The van der Waals surface area contributed by atoms with Gasteiger partial charge in [0, 0.05) is 11.4 Å². The highest BCUT2D eigenvalue weighted by molar-refractivity contribution is 7.70. The molecular weight excluding hydrogens is 360 g/mol. The Kier molecular flexibility index (Phi) is 4.69. The number of benzene rings is 2. The van der Waals surface area contributed by atoms with Crippen LogP contribution in [0.3, 0.4) is 0 Å². The van der Waals surface area contributed by atoms with E-state index in [1.807, 2.05) is 60.1 Å². The van der Waals surface area contributed by atoms with Gasteiger partial charge in [-0.05, 0) is 44.2 Å². The molecule has 4 rings (SSSR count). The van der Waals surface area contributed by atoms with E-state index in [9.17, 15) is 0 Å². The van der Waals surface area contributed by atoms with Crippen LogP contribution in [0.2, 0.25) is 0 Å². The molecule has 6 heteroatoms. The Morgan fingerprint density at radius 3 is 2.27 bits per heavy atom. The third-order valence-corrected chi connectivity index (χ3v) is 6.07. The van der Waals surface area contributed by atoms with Gasteiger partial charge in [-0.3, -0.25) is 0 Å². The molecule has 26 heavy (non-hydrogen) atoms. The molecule has 0 radical (unpaired) electrons. The fourth-order valence-corrected chi connectivity index (χ4v) is 4.98. The highest BCUT2D eigenvalue weighted by Crippen LogP contribution is 2.31. The van der Waals surface area contributed by atoms with E-state index >= 15 is 0 Å². The summed E-state index contributed by atoms with van der Waals surface area (Å²) in [6.45, 7) is 4.08. The average molecular weight is 379 g/mol. The monoisotopic (exact) mass is 378 g/mol. The lowest BCUT2D eigenvalue weighted by atomic mass is 10.3. The maximum absolute atomic E-state index is 4.86. The van der Waals surface area contributed by atoms with E-state index in [2.05, 4.69) is 35.5 Å². The number of para-hydroxylation sites is 2. The number of aryl methyl sites for hydroxylation is 2. The van der Waals surface area contributed by atoms with Crippen LogP contribution in [0, 0.1) is 13.8 Å². The lowest BCUT2D eigenvalue weighted by Gasteiger charge is -2.08. The second-order valence-electron chi connectivity index (χ2n) is 5.93.